The van der Waals surface area contributed by atoms with E-state index in [2.05, 4.69) is 24.0 Å². The summed E-state index contributed by atoms with van der Waals surface area (Å²) in [6, 6.07) is 13.5. The van der Waals surface area contributed by atoms with Gasteiger partial charge in [-0.1, -0.05) is 37.3 Å². The number of halogens is 1. The molecule has 1 aliphatic carbocycles. The van der Waals surface area contributed by atoms with Gasteiger partial charge in [0.15, 0.2) is 0 Å². The van der Waals surface area contributed by atoms with E-state index < -0.39 is 17.2 Å². The van der Waals surface area contributed by atoms with Gasteiger partial charge in [0.05, 0.1) is 17.2 Å². The Morgan fingerprint density at radius 1 is 1.16 bits per heavy atom. The molecular weight excluding hydrogens is 409 g/mol. The van der Waals surface area contributed by atoms with Gasteiger partial charge in [-0.3, -0.25) is 9.69 Å². The number of pyridine rings is 1. The fourth-order valence-electron chi connectivity index (χ4n) is 4.82. The highest BCUT2D eigenvalue weighted by Crippen LogP contribution is 2.38. The van der Waals surface area contributed by atoms with Gasteiger partial charge in [0.1, 0.15) is 11.4 Å². The molecule has 2 aromatic carbocycles. The molecule has 6 nitrogen and oxygen atoms in total. The van der Waals surface area contributed by atoms with Crippen molar-refractivity contribution in [3.8, 4) is 0 Å². The van der Waals surface area contributed by atoms with Crippen molar-refractivity contribution < 1.29 is 14.3 Å². The minimum atomic E-state index is -1.28. The number of carboxylic acids is 1. The molecule has 1 N–H and O–H groups in total. The smallest absolute Gasteiger partial charge is 0.341 e. The number of aromatic carboxylic acids is 1. The molecule has 1 aliphatic heterocycles. The molecule has 1 saturated heterocycles. The van der Waals surface area contributed by atoms with E-state index in [0.717, 1.165) is 25.9 Å². The van der Waals surface area contributed by atoms with Crippen LogP contribution in [0.3, 0.4) is 0 Å². The zero-order chi connectivity index (χ0) is 22.4. The summed E-state index contributed by atoms with van der Waals surface area (Å²) in [5.74, 6) is -1.77. The molecule has 1 saturated carbocycles. The lowest BCUT2D eigenvalue weighted by Crippen LogP contribution is -2.48. The Hall–Kier alpha value is -3.19. The van der Waals surface area contributed by atoms with Crippen molar-refractivity contribution in [2.24, 2.45) is 0 Å². The van der Waals surface area contributed by atoms with Gasteiger partial charge in [0, 0.05) is 37.3 Å². The second kappa shape index (κ2) is 8.06. The average molecular weight is 435 g/mol. The monoisotopic (exact) mass is 435 g/mol. The molecule has 2 heterocycles. The first-order chi connectivity index (χ1) is 15.5. The molecule has 0 spiro atoms. The molecule has 1 unspecified atom stereocenters. The largest absolute Gasteiger partial charge is 0.477 e. The normalized spacial score (nSPS) is 19.4. The van der Waals surface area contributed by atoms with Crippen LogP contribution >= 0.6 is 0 Å². The molecule has 0 bridgehead atoms. The number of likely N-dealkylation sites (N-methyl/N-ethyl adjacent to an activating group) is 1. The van der Waals surface area contributed by atoms with Gasteiger partial charge < -0.3 is 14.6 Å². The topological polar surface area (TPSA) is 65.8 Å². The lowest BCUT2D eigenvalue weighted by molar-refractivity contribution is 0.0695. The van der Waals surface area contributed by atoms with Crippen LogP contribution in [0.5, 0.6) is 0 Å². The standard InChI is InChI=1S/C25H26FN3O3/c1-2-27-10-11-28(15-23(27)16-6-4-3-5-7-16)22-13-21-18(12-20(22)26)24(30)19(25(31)32)14-29(21)17-8-9-17/h3-7,12-14,17,23H,2,8-11,15H2,1H3,(H,31,32). The summed E-state index contributed by atoms with van der Waals surface area (Å²) < 4.78 is 17.2. The Morgan fingerprint density at radius 3 is 2.56 bits per heavy atom. The minimum Gasteiger partial charge on any atom is -0.477 e. The maximum Gasteiger partial charge on any atom is 0.341 e. The number of aromatic nitrogens is 1. The summed E-state index contributed by atoms with van der Waals surface area (Å²) in [7, 11) is 0. The summed E-state index contributed by atoms with van der Waals surface area (Å²) >= 11 is 0. The average Bonchev–Trinajstić information content (AvgIpc) is 3.64. The van der Waals surface area contributed by atoms with E-state index in [1.54, 1.807) is 6.07 Å². The predicted octanol–water partition coefficient (Wildman–Crippen LogP) is 4.06. The summed E-state index contributed by atoms with van der Waals surface area (Å²) in [6.45, 7) is 5.17. The van der Waals surface area contributed by atoms with Crippen LogP contribution in [0.15, 0.2) is 53.5 Å². The molecule has 0 radical (unpaired) electrons. The molecule has 2 aliphatic rings. The van der Waals surface area contributed by atoms with Gasteiger partial charge in [-0.25, -0.2) is 9.18 Å². The van der Waals surface area contributed by atoms with E-state index >= 15 is 4.39 Å². The third-order valence-corrected chi connectivity index (χ3v) is 6.69. The molecule has 1 aromatic heterocycles. The van der Waals surface area contributed by atoms with E-state index in [1.807, 2.05) is 27.7 Å². The molecule has 166 valence electrons. The van der Waals surface area contributed by atoms with Crippen LogP contribution in [-0.4, -0.2) is 46.7 Å². The van der Waals surface area contributed by atoms with Crippen LogP contribution in [0, 0.1) is 5.82 Å². The number of carboxylic acid groups (broad SMARTS) is 1. The second-order valence-corrected chi connectivity index (χ2v) is 8.64. The second-order valence-electron chi connectivity index (χ2n) is 8.64. The number of carbonyl (C=O) groups is 1. The van der Waals surface area contributed by atoms with Crippen molar-refractivity contribution in [1.82, 2.24) is 9.47 Å². The Morgan fingerprint density at radius 2 is 1.91 bits per heavy atom. The number of piperazine rings is 1. The molecule has 2 fully saturated rings. The van der Waals surface area contributed by atoms with Crippen LogP contribution in [0.1, 0.15) is 47.8 Å². The quantitative estimate of drug-likeness (QED) is 0.655. The van der Waals surface area contributed by atoms with Crippen molar-refractivity contribution in [3.05, 3.63) is 75.8 Å². The fourth-order valence-corrected chi connectivity index (χ4v) is 4.82. The predicted molar refractivity (Wildman–Crippen MR) is 122 cm³/mol. The summed E-state index contributed by atoms with van der Waals surface area (Å²) in [4.78, 5) is 28.8. The van der Waals surface area contributed by atoms with Crippen molar-refractivity contribution in [3.63, 3.8) is 0 Å². The Labute approximate surface area is 185 Å². The molecule has 0 amide bonds. The number of fused-ring (bicyclic) bond motifs is 1. The summed E-state index contributed by atoms with van der Waals surface area (Å²) in [6.07, 6.45) is 3.28. The van der Waals surface area contributed by atoms with E-state index in [1.165, 1.54) is 17.8 Å². The minimum absolute atomic E-state index is 0.129. The maximum atomic E-state index is 15.3. The van der Waals surface area contributed by atoms with Gasteiger partial charge in [-0.2, -0.15) is 0 Å². The van der Waals surface area contributed by atoms with Crippen LogP contribution in [0.25, 0.3) is 10.9 Å². The number of hydrogen-bond acceptors (Lipinski definition) is 4. The molecule has 5 rings (SSSR count). The van der Waals surface area contributed by atoms with Crippen LogP contribution in [0.4, 0.5) is 10.1 Å². The highest BCUT2D eigenvalue weighted by Gasteiger charge is 2.31. The van der Waals surface area contributed by atoms with Crippen molar-refractivity contribution in [2.75, 3.05) is 31.1 Å². The van der Waals surface area contributed by atoms with E-state index in [0.29, 0.717) is 24.3 Å². The van der Waals surface area contributed by atoms with Gasteiger partial charge in [0.25, 0.3) is 0 Å². The summed E-state index contributed by atoms with van der Waals surface area (Å²) in [5, 5.41) is 9.57. The first kappa shape index (κ1) is 20.7. The third kappa shape index (κ3) is 3.56. The van der Waals surface area contributed by atoms with Gasteiger partial charge in [-0.15, -0.1) is 0 Å². The summed E-state index contributed by atoms with van der Waals surface area (Å²) in [5.41, 5.74) is 1.32. The lowest BCUT2D eigenvalue weighted by Gasteiger charge is -2.42. The first-order valence-corrected chi connectivity index (χ1v) is 11.1. The van der Waals surface area contributed by atoms with Crippen LogP contribution in [0.2, 0.25) is 0 Å². The van der Waals surface area contributed by atoms with Gasteiger partial charge in [-0.05, 0) is 37.1 Å². The highest BCUT2D eigenvalue weighted by molar-refractivity contribution is 5.93. The number of hydrogen-bond donors (Lipinski definition) is 1. The van der Waals surface area contributed by atoms with Crippen molar-refractivity contribution in [1.29, 1.82) is 0 Å². The Kier molecular flexibility index (Phi) is 5.21. The van der Waals surface area contributed by atoms with Crippen LogP contribution in [-0.2, 0) is 0 Å². The molecule has 7 heteroatoms. The zero-order valence-electron chi connectivity index (χ0n) is 18.0. The molecule has 1 atom stereocenters. The third-order valence-electron chi connectivity index (χ3n) is 6.69. The molecule has 3 aromatic rings. The van der Waals surface area contributed by atoms with Crippen molar-refractivity contribution >= 4 is 22.6 Å². The number of benzene rings is 2. The number of rotatable bonds is 5. The van der Waals surface area contributed by atoms with E-state index in [4.69, 9.17) is 0 Å². The van der Waals surface area contributed by atoms with Crippen molar-refractivity contribution in [2.45, 2.75) is 31.8 Å². The van der Waals surface area contributed by atoms with Crippen LogP contribution < -0.4 is 10.3 Å². The number of anilines is 1. The Balaban J connectivity index is 1.59. The maximum absolute atomic E-state index is 15.3. The SMILES string of the molecule is CCN1CCN(c2cc3c(cc2F)c(=O)c(C(=O)O)cn3C2CC2)CC1c1ccccc1. The first-order valence-electron chi connectivity index (χ1n) is 11.1. The fraction of sp³-hybridized carbons (Fsp3) is 0.360. The molecule has 32 heavy (non-hydrogen) atoms. The van der Waals surface area contributed by atoms with E-state index in [9.17, 15) is 14.7 Å². The lowest BCUT2D eigenvalue weighted by atomic mass is 10.0. The zero-order valence-corrected chi connectivity index (χ0v) is 18.0. The highest BCUT2D eigenvalue weighted by atomic mass is 19.1. The van der Waals surface area contributed by atoms with E-state index in [-0.39, 0.29) is 23.0 Å². The van der Waals surface area contributed by atoms with Gasteiger partial charge >= 0.3 is 5.97 Å². The number of nitrogens with zero attached hydrogens (tertiary/aromatic N) is 3. The molecular formula is C25H26FN3O3. The Bertz CT molecular complexity index is 1240. The van der Waals surface area contributed by atoms with Gasteiger partial charge in [0.2, 0.25) is 5.43 Å².